The van der Waals surface area contributed by atoms with Gasteiger partial charge in [-0.15, -0.1) is 0 Å². The molecule has 0 saturated heterocycles. The van der Waals surface area contributed by atoms with Gasteiger partial charge in [-0.2, -0.15) is 0 Å². The Kier molecular flexibility index (Phi) is 3.39. The van der Waals surface area contributed by atoms with E-state index in [1.165, 1.54) is 0 Å². The zero-order valence-electron chi connectivity index (χ0n) is 9.60. The standard InChI is InChI=1S/C12H16N4O/c13-7-5-12-15-9-3-1-2-4-10(9)16(12)8-6-11(14)17/h1-4H,5-8,13H2,(H2,14,17). The summed E-state index contributed by atoms with van der Waals surface area (Å²) < 4.78 is 2.02. The van der Waals surface area contributed by atoms with Gasteiger partial charge in [-0.3, -0.25) is 4.79 Å². The molecule has 1 amide bonds. The van der Waals surface area contributed by atoms with E-state index < -0.39 is 0 Å². The maximum absolute atomic E-state index is 10.9. The molecule has 0 radical (unpaired) electrons. The molecule has 5 heteroatoms. The summed E-state index contributed by atoms with van der Waals surface area (Å²) in [6, 6.07) is 7.84. The molecule has 5 nitrogen and oxygen atoms in total. The van der Waals surface area contributed by atoms with E-state index >= 15 is 0 Å². The first kappa shape index (κ1) is 11.6. The molecule has 1 aromatic heterocycles. The highest BCUT2D eigenvalue weighted by atomic mass is 16.1. The molecule has 90 valence electrons. The van der Waals surface area contributed by atoms with Gasteiger partial charge in [0.15, 0.2) is 0 Å². The van der Waals surface area contributed by atoms with Crippen molar-refractivity contribution >= 4 is 16.9 Å². The summed E-state index contributed by atoms with van der Waals surface area (Å²) >= 11 is 0. The number of aromatic nitrogens is 2. The second kappa shape index (κ2) is 4.97. The first-order valence-electron chi connectivity index (χ1n) is 5.65. The second-order valence-electron chi connectivity index (χ2n) is 3.92. The lowest BCUT2D eigenvalue weighted by Gasteiger charge is -2.06. The van der Waals surface area contributed by atoms with Crippen molar-refractivity contribution in [3.8, 4) is 0 Å². The quantitative estimate of drug-likeness (QED) is 0.782. The Morgan fingerprint density at radius 1 is 1.35 bits per heavy atom. The van der Waals surface area contributed by atoms with Crippen LogP contribution in [0.3, 0.4) is 0 Å². The number of fused-ring (bicyclic) bond motifs is 1. The fourth-order valence-corrected chi connectivity index (χ4v) is 1.92. The van der Waals surface area contributed by atoms with Crippen LogP contribution in [-0.4, -0.2) is 22.0 Å². The van der Waals surface area contributed by atoms with Gasteiger partial charge in [0.2, 0.25) is 5.91 Å². The molecule has 0 aliphatic rings. The topological polar surface area (TPSA) is 86.9 Å². The van der Waals surface area contributed by atoms with Gasteiger partial charge in [-0.1, -0.05) is 12.1 Å². The van der Waals surface area contributed by atoms with Crippen LogP contribution in [0.1, 0.15) is 12.2 Å². The number of aryl methyl sites for hydroxylation is 1. The summed E-state index contributed by atoms with van der Waals surface area (Å²) in [7, 11) is 0. The number of primary amides is 1. The molecule has 0 aliphatic heterocycles. The van der Waals surface area contributed by atoms with Crippen LogP contribution in [0.4, 0.5) is 0 Å². The summed E-state index contributed by atoms with van der Waals surface area (Å²) in [6.45, 7) is 1.10. The van der Waals surface area contributed by atoms with Crippen LogP contribution in [-0.2, 0) is 17.8 Å². The van der Waals surface area contributed by atoms with Gasteiger partial charge in [0, 0.05) is 19.4 Å². The number of imidazole rings is 1. The van der Waals surface area contributed by atoms with Crippen LogP contribution in [0.5, 0.6) is 0 Å². The van der Waals surface area contributed by atoms with Crippen LogP contribution in [0, 0.1) is 0 Å². The van der Waals surface area contributed by atoms with Crippen molar-refractivity contribution in [2.75, 3.05) is 6.54 Å². The van der Waals surface area contributed by atoms with Crippen molar-refractivity contribution in [1.29, 1.82) is 0 Å². The molecule has 1 aromatic carbocycles. The van der Waals surface area contributed by atoms with Crippen LogP contribution < -0.4 is 11.5 Å². The minimum Gasteiger partial charge on any atom is -0.370 e. The van der Waals surface area contributed by atoms with E-state index in [2.05, 4.69) is 4.98 Å². The van der Waals surface area contributed by atoms with Gasteiger partial charge in [0.05, 0.1) is 11.0 Å². The molecule has 0 fully saturated rings. The molecule has 4 N–H and O–H groups in total. The lowest BCUT2D eigenvalue weighted by Crippen LogP contribution is -2.16. The first-order chi connectivity index (χ1) is 8.22. The van der Waals surface area contributed by atoms with Gasteiger partial charge in [0.1, 0.15) is 5.82 Å². The van der Waals surface area contributed by atoms with Crippen LogP contribution in [0.25, 0.3) is 11.0 Å². The maximum Gasteiger partial charge on any atom is 0.219 e. The van der Waals surface area contributed by atoms with Crippen LogP contribution in [0.2, 0.25) is 0 Å². The van der Waals surface area contributed by atoms with Gasteiger partial charge in [-0.05, 0) is 18.7 Å². The van der Waals surface area contributed by atoms with Crippen molar-refractivity contribution in [1.82, 2.24) is 9.55 Å². The normalized spacial score (nSPS) is 10.9. The third-order valence-corrected chi connectivity index (χ3v) is 2.68. The summed E-state index contributed by atoms with van der Waals surface area (Å²) in [5.41, 5.74) is 12.7. The molecule has 0 unspecified atom stereocenters. The number of hydrogen-bond donors (Lipinski definition) is 2. The molecule has 2 aromatic rings. The summed E-state index contributed by atoms with van der Waals surface area (Å²) in [6.07, 6.45) is 1.02. The first-order valence-corrected chi connectivity index (χ1v) is 5.65. The fourth-order valence-electron chi connectivity index (χ4n) is 1.92. The van der Waals surface area contributed by atoms with Crippen LogP contribution >= 0.6 is 0 Å². The van der Waals surface area contributed by atoms with E-state index in [1.54, 1.807) is 0 Å². The van der Waals surface area contributed by atoms with Gasteiger partial charge in [0.25, 0.3) is 0 Å². The SMILES string of the molecule is NCCc1nc2ccccc2n1CCC(N)=O. The van der Waals surface area contributed by atoms with E-state index in [0.29, 0.717) is 25.9 Å². The third kappa shape index (κ3) is 2.45. The van der Waals surface area contributed by atoms with E-state index in [4.69, 9.17) is 11.5 Å². The number of rotatable bonds is 5. The highest BCUT2D eigenvalue weighted by Crippen LogP contribution is 2.16. The molecule has 0 spiro atoms. The number of nitrogens with two attached hydrogens (primary N) is 2. The van der Waals surface area contributed by atoms with E-state index in [1.807, 2.05) is 28.8 Å². The van der Waals surface area contributed by atoms with Crippen molar-refractivity contribution in [3.05, 3.63) is 30.1 Å². The van der Waals surface area contributed by atoms with E-state index in [0.717, 1.165) is 16.9 Å². The molecule has 0 aliphatic carbocycles. The lowest BCUT2D eigenvalue weighted by atomic mass is 10.3. The number of para-hydroxylation sites is 2. The Morgan fingerprint density at radius 2 is 2.12 bits per heavy atom. The molecule has 17 heavy (non-hydrogen) atoms. The zero-order valence-corrected chi connectivity index (χ0v) is 9.60. The monoisotopic (exact) mass is 232 g/mol. The number of amides is 1. The van der Waals surface area contributed by atoms with Crippen molar-refractivity contribution in [2.24, 2.45) is 11.5 Å². The Labute approximate surface area is 99.4 Å². The number of nitrogens with zero attached hydrogens (tertiary/aromatic N) is 2. The average molecular weight is 232 g/mol. The predicted molar refractivity (Wildman–Crippen MR) is 66.3 cm³/mol. The Balaban J connectivity index is 2.40. The number of carbonyl (C=O) groups is 1. The minimum atomic E-state index is -0.304. The number of hydrogen-bond acceptors (Lipinski definition) is 3. The molecule has 1 heterocycles. The molecule has 0 bridgehead atoms. The largest absolute Gasteiger partial charge is 0.370 e. The number of carbonyl (C=O) groups excluding carboxylic acids is 1. The van der Waals surface area contributed by atoms with E-state index in [9.17, 15) is 4.79 Å². The van der Waals surface area contributed by atoms with E-state index in [-0.39, 0.29) is 5.91 Å². The lowest BCUT2D eigenvalue weighted by molar-refractivity contribution is -0.118. The van der Waals surface area contributed by atoms with Crippen molar-refractivity contribution in [2.45, 2.75) is 19.4 Å². The van der Waals surface area contributed by atoms with Gasteiger partial charge < -0.3 is 16.0 Å². The average Bonchev–Trinajstić information content (AvgIpc) is 2.64. The summed E-state index contributed by atoms with van der Waals surface area (Å²) in [5, 5.41) is 0. The summed E-state index contributed by atoms with van der Waals surface area (Å²) in [4.78, 5) is 15.4. The molecular weight excluding hydrogens is 216 g/mol. The second-order valence-corrected chi connectivity index (χ2v) is 3.92. The Hall–Kier alpha value is -1.88. The Morgan fingerprint density at radius 3 is 2.82 bits per heavy atom. The van der Waals surface area contributed by atoms with Crippen LogP contribution in [0.15, 0.2) is 24.3 Å². The van der Waals surface area contributed by atoms with Gasteiger partial charge in [-0.25, -0.2) is 4.98 Å². The fraction of sp³-hybridized carbons (Fsp3) is 0.333. The van der Waals surface area contributed by atoms with Crippen molar-refractivity contribution < 1.29 is 4.79 Å². The molecule has 2 rings (SSSR count). The van der Waals surface area contributed by atoms with Crippen molar-refractivity contribution in [3.63, 3.8) is 0 Å². The minimum absolute atomic E-state index is 0.304. The Bertz CT molecular complexity index is 532. The molecule has 0 saturated carbocycles. The predicted octanol–water partition coefficient (Wildman–Crippen LogP) is 0.413. The molecule has 0 atom stereocenters. The highest BCUT2D eigenvalue weighted by molar-refractivity contribution is 5.77. The van der Waals surface area contributed by atoms with Gasteiger partial charge >= 0.3 is 0 Å². The zero-order chi connectivity index (χ0) is 12.3. The molecular formula is C12H16N4O. The maximum atomic E-state index is 10.9. The smallest absolute Gasteiger partial charge is 0.219 e. The number of benzene rings is 1. The third-order valence-electron chi connectivity index (χ3n) is 2.68. The highest BCUT2D eigenvalue weighted by Gasteiger charge is 2.09. The summed E-state index contributed by atoms with van der Waals surface area (Å²) in [5.74, 6) is 0.608.